The molecule has 0 saturated heterocycles. The first-order valence-electron chi connectivity index (χ1n) is 4.74. The number of hydrogen-bond acceptors (Lipinski definition) is 3. The van der Waals surface area contributed by atoms with Crippen molar-refractivity contribution in [3.63, 3.8) is 0 Å². The second kappa shape index (κ2) is 5.75. The van der Waals surface area contributed by atoms with E-state index in [1.165, 1.54) is 18.9 Å². The van der Waals surface area contributed by atoms with E-state index in [0.717, 1.165) is 12.5 Å². The number of esters is 1. The highest BCUT2D eigenvalue weighted by Gasteiger charge is 2.20. The van der Waals surface area contributed by atoms with Crippen molar-refractivity contribution in [2.75, 3.05) is 19.8 Å². The zero-order valence-electron chi connectivity index (χ0n) is 7.99. The van der Waals surface area contributed by atoms with E-state index < -0.39 is 0 Å². The Bertz CT molecular complexity index is 183. The van der Waals surface area contributed by atoms with Crippen molar-refractivity contribution in [3.8, 4) is 0 Å². The van der Waals surface area contributed by atoms with Crippen molar-refractivity contribution in [3.05, 3.63) is 12.2 Å². The van der Waals surface area contributed by atoms with Crippen molar-refractivity contribution in [1.29, 1.82) is 0 Å². The van der Waals surface area contributed by atoms with Gasteiger partial charge >= 0.3 is 5.97 Å². The lowest BCUT2D eigenvalue weighted by molar-refractivity contribution is -0.137. The first kappa shape index (κ1) is 10.3. The van der Waals surface area contributed by atoms with Crippen LogP contribution < -0.4 is 0 Å². The van der Waals surface area contributed by atoms with Crippen LogP contribution in [0, 0.1) is 5.92 Å². The summed E-state index contributed by atoms with van der Waals surface area (Å²) in [6.07, 6.45) is 5.69. The largest absolute Gasteiger partial charge is 0.463 e. The molecule has 1 rings (SSSR count). The zero-order chi connectivity index (χ0) is 9.52. The highest BCUT2D eigenvalue weighted by molar-refractivity contribution is 5.81. The number of rotatable bonds is 6. The molecule has 0 amide bonds. The molecule has 74 valence electrons. The third kappa shape index (κ3) is 5.42. The summed E-state index contributed by atoms with van der Waals surface area (Å²) in [6, 6.07) is 0. The smallest absolute Gasteiger partial charge is 0.330 e. The molecule has 0 aliphatic heterocycles. The molecule has 1 fully saturated rings. The van der Waals surface area contributed by atoms with E-state index in [-0.39, 0.29) is 5.97 Å². The Labute approximate surface area is 78.7 Å². The summed E-state index contributed by atoms with van der Waals surface area (Å²) in [5, 5.41) is 0. The molecule has 0 aromatic carbocycles. The summed E-state index contributed by atoms with van der Waals surface area (Å²) < 4.78 is 9.99. The molecule has 3 heteroatoms. The lowest BCUT2D eigenvalue weighted by atomic mass is 10.4. The van der Waals surface area contributed by atoms with Gasteiger partial charge in [-0.2, -0.15) is 0 Å². The maximum Gasteiger partial charge on any atom is 0.330 e. The van der Waals surface area contributed by atoms with Crippen LogP contribution in [0.15, 0.2) is 12.2 Å². The molecule has 0 spiro atoms. The molecule has 0 aromatic rings. The molecule has 13 heavy (non-hydrogen) atoms. The first-order chi connectivity index (χ1) is 6.33. The maximum atomic E-state index is 10.8. The van der Waals surface area contributed by atoms with Crippen LogP contribution in [0.1, 0.15) is 19.8 Å². The average Bonchev–Trinajstić information content (AvgIpc) is 2.88. The second-order valence-electron chi connectivity index (χ2n) is 3.14. The summed E-state index contributed by atoms with van der Waals surface area (Å²) in [4.78, 5) is 10.8. The molecule has 1 saturated carbocycles. The van der Waals surface area contributed by atoms with Gasteiger partial charge in [0.2, 0.25) is 0 Å². The number of hydrogen-bond donors (Lipinski definition) is 0. The predicted molar refractivity (Wildman–Crippen MR) is 49.3 cm³/mol. The number of carbonyl (C=O) groups excluding carboxylic acids is 1. The van der Waals surface area contributed by atoms with Gasteiger partial charge in [0.15, 0.2) is 0 Å². The lowest BCUT2D eigenvalue weighted by Gasteiger charge is -1.97. The standard InChI is InChI=1S/C10H16O3/c1-2-13-10(11)4-3-7-12-8-9-5-6-9/h3-4,9H,2,5-8H2,1H3/b4-3+. The normalized spacial score (nSPS) is 16.4. The highest BCUT2D eigenvalue weighted by Crippen LogP contribution is 2.28. The molecule has 0 aromatic heterocycles. The third-order valence-corrected chi connectivity index (χ3v) is 1.81. The highest BCUT2D eigenvalue weighted by atomic mass is 16.5. The molecule has 0 N–H and O–H groups in total. The van der Waals surface area contributed by atoms with Crippen LogP contribution in [-0.4, -0.2) is 25.8 Å². The van der Waals surface area contributed by atoms with E-state index in [1.807, 2.05) is 0 Å². The fourth-order valence-corrected chi connectivity index (χ4v) is 0.922. The van der Waals surface area contributed by atoms with E-state index in [2.05, 4.69) is 0 Å². The predicted octanol–water partition coefficient (Wildman–Crippen LogP) is 1.53. The lowest BCUT2D eigenvalue weighted by Crippen LogP contribution is -2.00. The van der Waals surface area contributed by atoms with Gasteiger partial charge in [0.1, 0.15) is 0 Å². The quantitative estimate of drug-likeness (QED) is 0.357. The van der Waals surface area contributed by atoms with Crippen LogP contribution in [-0.2, 0) is 14.3 Å². The molecular formula is C10H16O3. The van der Waals surface area contributed by atoms with Crippen molar-refractivity contribution < 1.29 is 14.3 Å². The van der Waals surface area contributed by atoms with Crippen LogP contribution in [0.2, 0.25) is 0 Å². The Balaban J connectivity index is 1.93. The van der Waals surface area contributed by atoms with E-state index >= 15 is 0 Å². The minimum Gasteiger partial charge on any atom is -0.463 e. The molecule has 0 unspecified atom stereocenters. The Morgan fingerprint density at radius 1 is 1.54 bits per heavy atom. The molecule has 0 atom stereocenters. The molecule has 0 heterocycles. The molecule has 3 nitrogen and oxygen atoms in total. The van der Waals surface area contributed by atoms with Crippen LogP contribution in [0.25, 0.3) is 0 Å². The van der Waals surface area contributed by atoms with Crippen molar-refractivity contribution >= 4 is 5.97 Å². The van der Waals surface area contributed by atoms with Crippen LogP contribution >= 0.6 is 0 Å². The number of carbonyl (C=O) groups is 1. The van der Waals surface area contributed by atoms with E-state index in [0.29, 0.717) is 13.2 Å². The topological polar surface area (TPSA) is 35.5 Å². The summed E-state index contributed by atoms with van der Waals surface area (Å²) in [5.41, 5.74) is 0. The van der Waals surface area contributed by atoms with Gasteiger partial charge in [-0.3, -0.25) is 0 Å². The Hall–Kier alpha value is -0.830. The maximum absolute atomic E-state index is 10.8. The summed E-state index contributed by atoms with van der Waals surface area (Å²) >= 11 is 0. The fourth-order valence-electron chi connectivity index (χ4n) is 0.922. The van der Waals surface area contributed by atoms with E-state index in [1.54, 1.807) is 13.0 Å². The molecule has 0 radical (unpaired) electrons. The van der Waals surface area contributed by atoms with Crippen molar-refractivity contribution in [2.45, 2.75) is 19.8 Å². The molecular weight excluding hydrogens is 168 g/mol. The van der Waals surface area contributed by atoms with Gasteiger partial charge in [-0.1, -0.05) is 6.08 Å². The monoisotopic (exact) mass is 184 g/mol. The Morgan fingerprint density at radius 3 is 2.92 bits per heavy atom. The van der Waals surface area contributed by atoms with Gasteiger partial charge in [0, 0.05) is 12.7 Å². The fraction of sp³-hybridized carbons (Fsp3) is 0.700. The van der Waals surface area contributed by atoms with Crippen LogP contribution in [0.5, 0.6) is 0 Å². The summed E-state index contributed by atoms with van der Waals surface area (Å²) in [6.45, 7) is 3.55. The van der Waals surface area contributed by atoms with Gasteiger partial charge < -0.3 is 9.47 Å². The minimum atomic E-state index is -0.294. The Morgan fingerprint density at radius 2 is 2.31 bits per heavy atom. The molecule has 1 aliphatic carbocycles. The average molecular weight is 184 g/mol. The van der Waals surface area contributed by atoms with Gasteiger partial charge in [-0.25, -0.2) is 4.79 Å². The Kier molecular flexibility index (Phi) is 4.54. The van der Waals surface area contributed by atoms with Crippen molar-refractivity contribution in [1.82, 2.24) is 0 Å². The van der Waals surface area contributed by atoms with Crippen LogP contribution in [0.4, 0.5) is 0 Å². The van der Waals surface area contributed by atoms with Crippen molar-refractivity contribution in [2.24, 2.45) is 5.92 Å². The minimum absolute atomic E-state index is 0.294. The summed E-state index contributed by atoms with van der Waals surface area (Å²) in [7, 11) is 0. The molecule has 1 aliphatic rings. The van der Waals surface area contributed by atoms with E-state index in [4.69, 9.17) is 9.47 Å². The third-order valence-electron chi connectivity index (χ3n) is 1.81. The van der Waals surface area contributed by atoms with Gasteiger partial charge in [-0.05, 0) is 25.7 Å². The molecule has 0 bridgehead atoms. The van der Waals surface area contributed by atoms with Gasteiger partial charge in [0.05, 0.1) is 13.2 Å². The number of ether oxygens (including phenoxy) is 2. The van der Waals surface area contributed by atoms with Gasteiger partial charge in [-0.15, -0.1) is 0 Å². The van der Waals surface area contributed by atoms with E-state index in [9.17, 15) is 4.79 Å². The SMILES string of the molecule is CCOC(=O)/C=C/COCC1CC1. The van der Waals surface area contributed by atoms with Crippen LogP contribution in [0.3, 0.4) is 0 Å². The zero-order valence-corrected chi connectivity index (χ0v) is 7.99. The summed E-state index contributed by atoms with van der Waals surface area (Å²) in [5.74, 6) is 0.480. The van der Waals surface area contributed by atoms with Gasteiger partial charge in [0.25, 0.3) is 0 Å². The first-order valence-corrected chi connectivity index (χ1v) is 4.74. The second-order valence-corrected chi connectivity index (χ2v) is 3.14.